The fraction of sp³-hybridized carbons (Fsp3) is 0.500. The van der Waals surface area contributed by atoms with E-state index in [1.165, 1.54) is 22.9 Å². The molecule has 2 heterocycles. The molecule has 0 saturated carbocycles. The molecule has 1 amide bonds. The number of likely N-dealkylation sites (tertiary alicyclic amines) is 1. The Balaban J connectivity index is 0.00000176. The molecule has 2 fully saturated rings. The van der Waals surface area contributed by atoms with E-state index in [2.05, 4.69) is 10.2 Å². The van der Waals surface area contributed by atoms with E-state index in [0.29, 0.717) is 22.7 Å². The molecule has 2 aromatic rings. The summed E-state index contributed by atoms with van der Waals surface area (Å²) < 4.78 is 41.8. The second kappa shape index (κ2) is 12.5. The number of rotatable bonds is 6. The SMILES string of the molecule is CC.CN(C)C(=O)c1ccc(NC2CN(C3CCN(Sc4ccccc4C(F)(F)F)CC3)C2)cc1Cl. The number of piperidine rings is 1. The molecular formula is C26H34ClF3N4OS. The number of amides is 1. The molecule has 0 bridgehead atoms. The van der Waals surface area contributed by atoms with Gasteiger partial charge < -0.3 is 10.2 Å². The lowest BCUT2D eigenvalue weighted by atomic mass is 9.98. The summed E-state index contributed by atoms with van der Waals surface area (Å²) in [5.74, 6) is -0.127. The molecule has 2 aliphatic rings. The van der Waals surface area contributed by atoms with Crippen LogP contribution in [0, 0.1) is 0 Å². The smallest absolute Gasteiger partial charge is 0.380 e. The first-order valence-electron chi connectivity index (χ1n) is 12.2. The number of carbonyl (C=O) groups excluding carboxylic acids is 1. The van der Waals surface area contributed by atoms with Crippen LogP contribution >= 0.6 is 23.5 Å². The largest absolute Gasteiger partial charge is 0.417 e. The second-order valence-corrected chi connectivity index (χ2v) is 10.5. The molecule has 5 nitrogen and oxygen atoms in total. The highest BCUT2D eigenvalue weighted by molar-refractivity contribution is 7.97. The number of alkyl halides is 3. The summed E-state index contributed by atoms with van der Waals surface area (Å²) in [7, 11) is 3.39. The zero-order valence-electron chi connectivity index (χ0n) is 21.1. The predicted molar refractivity (Wildman–Crippen MR) is 142 cm³/mol. The molecule has 1 N–H and O–H groups in total. The monoisotopic (exact) mass is 542 g/mol. The third kappa shape index (κ3) is 7.09. The number of hydrogen-bond acceptors (Lipinski definition) is 5. The molecule has 2 aliphatic heterocycles. The molecule has 2 aromatic carbocycles. The molecule has 0 spiro atoms. The number of halogens is 4. The van der Waals surface area contributed by atoms with Crippen LogP contribution in [0.15, 0.2) is 47.4 Å². The van der Waals surface area contributed by atoms with Gasteiger partial charge in [0.05, 0.1) is 22.2 Å². The van der Waals surface area contributed by atoms with Gasteiger partial charge in [-0.2, -0.15) is 13.2 Å². The average Bonchev–Trinajstić information content (AvgIpc) is 2.82. The molecular weight excluding hydrogens is 509 g/mol. The van der Waals surface area contributed by atoms with Gasteiger partial charge in [-0.3, -0.25) is 9.69 Å². The Morgan fingerprint density at radius 2 is 1.72 bits per heavy atom. The first-order chi connectivity index (χ1) is 17.1. The molecule has 0 atom stereocenters. The molecule has 10 heteroatoms. The van der Waals surface area contributed by atoms with Crippen molar-refractivity contribution in [2.75, 3.05) is 45.6 Å². The van der Waals surface area contributed by atoms with Gasteiger partial charge in [-0.05, 0) is 55.1 Å². The number of nitrogens with one attached hydrogen (secondary N) is 1. The summed E-state index contributed by atoms with van der Waals surface area (Å²) in [6.07, 6.45) is -2.48. The molecule has 198 valence electrons. The van der Waals surface area contributed by atoms with Crippen LogP contribution in [0.5, 0.6) is 0 Å². The van der Waals surface area contributed by atoms with Gasteiger partial charge in [0.15, 0.2) is 0 Å². The van der Waals surface area contributed by atoms with Crippen molar-refractivity contribution in [3.05, 3.63) is 58.6 Å². The Kier molecular flexibility index (Phi) is 9.97. The third-order valence-corrected chi connectivity index (χ3v) is 7.73. The maximum absolute atomic E-state index is 13.3. The Morgan fingerprint density at radius 1 is 1.08 bits per heavy atom. The van der Waals surface area contributed by atoms with Crippen LogP contribution in [0.25, 0.3) is 0 Å². The summed E-state index contributed by atoms with van der Waals surface area (Å²) in [4.78, 5) is 16.3. The van der Waals surface area contributed by atoms with Crippen LogP contribution in [0.2, 0.25) is 5.02 Å². The van der Waals surface area contributed by atoms with E-state index < -0.39 is 11.7 Å². The van der Waals surface area contributed by atoms with Gasteiger partial charge in [0.25, 0.3) is 5.91 Å². The van der Waals surface area contributed by atoms with E-state index in [1.54, 1.807) is 38.4 Å². The Bertz CT molecular complexity index is 1020. The summed E-state index contributed by atoms with van der Waals surface area (Å²) in [6.45, 7) is 7.33. The van der Waals surface area contributed by atoms with E-state index in [9.17, 15) is 18.0 Å². The Morgan fingerprint density at radius 3 is 2.31 bits per heavy atom. The van der Waals surface area contributed by atoms with E-state index >= 15 is 0 Å². The van der Waals surface area contributed by atoms with E-state index in [-0.39, 0.29) is 10.8 Å². The third-order valence-electron chi connectivity index (χ3n) is 6.25. The van der Waals surface area contributed by atoms with Crippen molar-refractivity contribution in [3.8, 4) is 0 Å². The standard InChI is InChI=1S/C24H28ClF3N4OS.C2H6/c1-30(2)23(33)19-8-7-16(13-21(19)25)29-17-14-31(15-17)18-9-11-32(12-10-18)34-22-6-4-3-5-20(22)24(26,27)28;1-2/h3-8,13,17-18,29H,9-12,14-15H2,1-2H3;1-2H3. The maximum Gasteiger partial charge on any atom is 0.417 e. The van der Waals surface area contributed by atoms with Crippen LogP contribution in [0.3, 0.4) is 0 Å². The summed E-state index contributed by atoms with van der Waals surface area (Å²) in [5.41, 5.74) is 0.799. The van der Waals surface area contributed by atoms with Gasteiger partial charge in [0.1, 0.15) is 0 Å². The van der Waals surface area contributed by atoms with Gasteiger partial charge in [-0.1, -0.05) is 37.6 Å². The lowest BCUT2D eigenvalue weighted by Gasteiger charge is -2.47. The van der Waals surface area contributed by atoms with Crippen LogP contribution in [-0.4, -0.2) is 72.4 Å². The normalized spacial score (nSPS) is 17.7. The minimum Gasteiger partial charge on any atom is -0.380 e. The van der Waals surface area contributed by atoms with Crippen molar-refractivity contribution in [1.82, 2.24) is 14.1 Å². The number of carbonyl (C=O) groups is 1. The highest BCUT2D eigenvalue weighted by Gasteiger charge is 2.36. The van der Waals surface area contributed by atoms with Gasteiger partial charge in [-0.15, -0.1) is 0 Å². The zero-order chi connectivity index (χ0) is 26.5. The van der Waals surface area contributed by atoms with Crippen molar-refractivity contribution in [1.29, 1.82) is 0 Å². The lowest BCUT2D eigenvalue weighted by molar-refractivity contribution is -0.139. The molecule has 36 heavy (non-hydrogen) atoms. The maximum atomic E-state index is 13.3. The van der Waals surface area contributed by atoms with Gasteiger partial charge in [0, 0.05) is 56.9 Å². The molecule has 0 unspecified atom stereocenters. The molecule has 0 aliphatic carbocycles. The van der Waals surface area contributed by atoms with E-state index in [0.717, 1.165) is 50.8 Å². The Labute approximate surface area is 221 Å². The fourth-order valence-corrected chi connectivity index (χ4v) is 5.73. The van der Waals surface area contributed by atoms with E-state index in [4.69, 9.17) is 11.6 Å². The van der Waals surface area contributed by atoms with Crippen molar-refractivity contribution in [2.45, 2.75) is 49.8 Å². The van der Waals surface area contributed by atoms with Crippen molar-refractivity contribution < 1.29 is 18.0 Å². The zero-order valence-corrected chi connectivity index (χ0v) is 22.7. The first-order valence-corrected chi connectivity index (χ1v) is 13.4. The highest BCUT2D eigenvalue weighted by atomic mass is 35.5. The summed E-state index contributed by atoms with van der Waals surface area (Å²) in [6, 6.07) is 11.9. The summed E-state index contributed by atoms with van der Waals surface area (Å²) >= 11 is 7.51. The van der Waals surface area contributed by atoms with Crippen LogP contribution < -0.4 is 5.32 Å². The molecule has 0 aromatic heterocycles. The molecule has 4 rings (SSSR count). The van der Waals surface area contributed by atoms with E-state index in [1.807, 2.05) is 24.2 Å². The van der Waals surface area contributed by atoms with Crippen molar-refractivity contribution >= 4 is 35.1 Å². The number of anilines is 1. The lowest BCUT2D eigenvalue weighted by Crippen LogP contribution is -2.60. The second-order valence-electron chi connectivity index (χ2n) is 8.93. The predicted octanol–water partition coefficient (Wildman–Crippen LogP) is 6.35. The number of nitrogens with zero attached hydrogens (tertiary/aromatic N) is 3. The minimum atomic E-state index is -4.34. The number of benzene rings is 2. The van der Waals surface area contributed by atoms with Gasteiger partial charge in [-0.25, -0.2) is 4.31 Å². The van der Waals surface area contributed by atoms with Gasteiger partial charge in [0.2, 0.25) is 0 Å². The minimum absolute atomic E-state index is 0.127. The molecule has 0 radical (unpaired) electrons. The number of hydrogen-bond donors (Lipinski definition) is 1. The van der Waals surface area contributed by atoms with Gasteiger partial charge >= 0.3 is 6.18 Å². The van der Waals surface area contributed by atoms with Crippen molar-refractivity contribution in [3.63, 3.8) is 0 Å². The van der Waals surface area contributed by atoms with Crippen LogP contribution in [0.1, 0.15) is 42.6 Å². The first kappa shape index (κ1) is 28.6. The highest BCUT2D eigenvalue weighted by Crippen LogP contribution is 2.39. The topological polar surface area (TPSA) is 38.8 Å². The quantitative estimate of drug-likeness (QED) is 0.430. The van der Waals surface area contributed by atoms with Crippen LogP contribution in [-0.2, 0) is 6.18 Å². The van der Waals surface area contributed by atoms with Crippen molar-refractivity contribution in [2.24, 2.45) is 0 Å². The average molecular weight is 543 g/mol. The Hall–Kier alpha value is -1.94. The fourth-order valence-electron chi connectivity index (χ4n) is 4.38. The van der Waals surface area contributed by atoms with Crippen LogP contribution in [0.4, 0.5) is 18.9 Å². The molecule has 2 saturated heterocycles. The summed E-state index contributed by atoms with van der Waals surface area (Å²) in [5, 5.41) is 3.90.